The Morgan fingerprint density at radius 1 is 1.35 bits per heavy atom. The van der Waals surface area contributed by atoms with Gasteiger partial charge in [0, 0.05) is 11.6 Å². The fourth-order valence-corrected chi connectivity index (χ4v) is 2.10. The first kappa shape index (κ1) is 14.0. The third-order valence-electron chi connectivity index (χ3n) is 3.33. The summed E-state index contributed by atoms with van der Waals surface area (Å²) in [5, 5.41) is 10.2. The highest BCUT2D eigenvalue weighted by Crippen LogP contribution is 2.26. The number of carbonyl (C=O) groups is 2. The molecule has 0 aliphatic rings. The number of hydrogen-bond acceptors (Lipinski definition) is 4. The Hall–Kier alpha value is -2.43. The molecular formula is C15H15NO4. The molecule has 20 heavy (non-hydrogen) atoms. The number of ether oxygens (including phenoxy) is 1. The molecule has 0 fully saturated rings. The summed E-state index contributed by atoms with van der Waals surface area (Å²) in [5.41, 5.74) is -0.0166. The molecule has 1 unspecified atom stereocenters. The third kappa shape index (κ3) is 2.47. The van der Waals surface area contributed by atoms with Crippen molar-refractivity contribution in [2.24, 2.45) is 5.41 Å². The summed E-state index contributed by atoms with van der Waals surface area (Å²) in [4.78, 5) is 27.3. The van der Waals surface area contributed by atoms with Crippen LogP contribution in [0.15, 0.2) is 36.5 Å². The average Bonchev–Trinajstić information content (AvgIpc) is 2.45. The average molecular weight is 273 g/mol. The van der Waals surface area contributed by atoms with Crippen LogP contribution in [0.1, 0.15) is 12.5 Å². The number of hydrogen-bond donors (Lipinski definition) is 1. The maximum atomic E-state index is 11.7. The van der Waals surface area contributed by atoms with Gasteiger partial charge in [0.25, 0.3) is 0 Å². The van der Waals surface area contributed by atoms with Crippen LogP contribution in [-0.4, -0.2) is 29.1 Å². The summed E-state index contributed by atoms with van der Waals surface area (Å²) in [6, 6.07) is 9.13. The molecule has 1 aromatic heterocycles. The number of carboxylic acid groups (broad SMARTS) is 1. The SMILES string of the molecule is COC(=O)C(C)(Cc1ccc2ncccc2c1)C(=O)O. The van der Waals surface area contributed by atoms with E-state index in [-0.39, 0.29) is 6.42 Å². The Kier molecular flexibility index (Phi) is 3.70. The number of esters is 1. The normalized spacial score (nSPS) is 13.7. The van der Waals surface area contributed by atoms with Crippen molar-refractivity contribution in [3.05, 3.63) is 42.1 Å². The van der Waals surface area contributed by atoms with Crippen LogP contribution < -0.4 is 0 Å². The molecule has 0 bridgehead atoms. The maximum Gasteiger partial charge on any atom is 0.323 e. The van der Waals surface area contributed by atoms with Gasteiger partial charge in [-0.15, -0.1) is 0 Å². The first-order valence-corrected chi connectivity index (χ1v) is 6.13. The van der Waals surface area contributed by atoms with Crippen molar-refractivity contribution in [1.82, 2.24) is 4.98 Å². The number of fused-ring (bicyclic) bond motifs is 1. The van der Waals surface area contributed by atoms with Gasteiger partial charge in [-0.1, -0.05) is 12.1 Å². The number of methoxy groups -OCH3 is 1. The van der Waals surface area contributed by atoms with Crippen LogP contribution in [0.25, 0.3) is 10.9 Å². The Morgan fingerprint density at radius 3 is 2.75 bits per heavy atom. The van der Waals surface area contributed by atoms with Crippen LogP contribution in [0.4, 0.5) is 0 Å². The Morgan fingerprint density at radius 2 is 2.10 bits per heavy atom. The molecule has 5 nitrogen and oxygen atoms in total. The Balaban J connectivity index is 2.38. The highest BCUT2D eigenvalue weighted by atomic mass is 16.5. The topological polar surface area (TPSA) is 76.5 Å². The maximum absolute atomic E-state index is 11.7. The number of carbonyl (C=O) groups excluding carboxylic acids is 1. The zero-order valence-electron chi connectivity index (χ0n) is 11.3. The minimum atomic E-state index is -1.59. The van der Waals surface area contributed by atoms with E-state index >= 15 is 0 Å². The van der Waals surface area contributed by atoms with Crippen molar-refractivity contribution in [3.63, 3.8) is 0 Å². The lowest BCUT2D eigenvalue weighted by Crippen LogP contribution is -2.39. The standard InChI is InChI=1S/C15H15NO4/c1-15(13(17)18,14(19)20-2)9-10-5-6-12-11(8-10)4-3-7-16-12/h3-8H,9H2,1-2H3,(H,17,18). The van der Waals surface area contributed by atoms with E-state index in [1.54, 1.807) is 12.3 Å². The van der Waals surface area contributed by atoms with Crippen LogP contribution in [0.3, 0.4) is 0 Å². The zero-order valence-corrected chi connectivity index (χ0v) is 11.3. The van der Waals surface area contributed by atoms with Crippen molar-refractivity contribution in [3.8, 4) is 0 Å². The largest absolute Gasteiger partial charge is 0.480 e. The van der Waals surface area contributed by atoms with Crippen LogP contribution in [0.2, 0.25) is 0 Å². The summed E-state index contributed by atoms with van der Waals surface area (Å²) in [6.45, 7) is 1.37. The van der Waals surface area contributed by atoms with E-state index in [1.807, 2.05) is 24.3 Å². The van der Waals surface area contributed by atoms with Crippen molar-refractivity contribution in [2.45, 2.75) is 13.3 Å². The van der Waals surface area contributed by atoms with Gasteiger partial charge in [0.1, 0.15) is 0 Å². The first-order chi connectivity index (χ1) is 9.47. The highest BCUT2D eigenvalue weighted by Gasteiger charge is 2.42. The van der Waals surface area contributed by atoms with Gasteiger partial charge in [0.05, 0.1) is 12.6 Å². The lowest BCUT2D eigenvalue weighted by molar-refractivity contribution is -0.165. The predicted molar refractivity (Wildman–Crippen MR) is 73.2 cm³/mol. The van der Waals surface area contributed by atoms with Crippen molar-refractivity contribution >= 4 is 22.8 Å². The quantitative estimate of drug-likeness (QED) is 0.681. The fraction of sp³-hybridized carbons (Fsp3) is 0.267. The summed E-state index contributed by atoms with van der Waals surface area (Å²) in [7, 11) is 1.19. The van der Waals surface area contributed by atoms with Crippen molar-refractivity contribution in [2.75, 3.05) is 7.11 Å². The lowest BCUT2D eigenvalue weighted by Gasteiger charge is -2.21. The molecule has 1 atom stereocenters. The minimum Gasteiger partial charge on any atom is -0.480 e. The molecule has 0 amide bonds. The molecule has 0 saturated heterocycles. The van der Waals surface area contributed by atoms with E-state index in [4.69, 9.17) is 0 Å². The number of carboxylic acids is 1. The van der Waals surface area contributed by atoms with E-state index in [0.717, 1.165) is 16.5 Å². The summed E-state index contributed by atoms with van der Waals surface area (Å²) in [5.74, 6) is -1.95. The number of rotatable bonds is 4. The summed E-state index contributed by atoms with van der Waals surface area (Å²) >= 11 is 0. The number of benzene rings is 1. The van der Waals surface area contributed by atoms with Crippen LogP contribution in [-0.2, 0) is 20.7 Å². The molecule has 0 saturated carbocycles. The molecular weight excluding hydrogens is 258 g/mol. The highest BCUT2D eigenvalue weighted by molar-refractivity contribution is 5.99. The van der Waals surface area contributed by atoms with Gasteiger partial charge in [-0.2, -0.15) is 0 Å². The molecule has 1 aromatic carbocycles. The summed E-state index contributed by atoms with van der Waals surface area (Å²) in [6.07, 6.45) is 1.76. The van der Waals surface area contributed by atoms with Gasteiger partial charge in [-0.05, 0) is 37.1 Å². The van der Waals surface area contributed by atoms with E-state index < -0.39 is 17.4 Å². The molecule has 0 aliphatic carbocycles. The van der Waals surface area contributed by atoms with Gasteiger partial charge in [-0.3, -0.25) is 14.6 Å². The van der Waals surface area contributed by atoms with Gasteiger partial charge < -0.3 is 9.84 Å². The minimum absolute atomic E-state index is 0.0693. The second-order valence-electron chi connectivity index (χ2n) is 4.84. The van der Waals surface area contributed by atoms with Crippen LogP contribution >= 0.6 is 0 Å². The van der Waals surface area contributed by atoms with Crippen LogP contribution in [0, 0.1) is 5.41 Å². The fourth-order valence-electron chi connectivity index (χ4n) is 2.10. The van der Waals surface area contributed by atoms with Gasteiger partial charge >= 0.3 is 11.9 Å². The molecule has 1 N–H and O–H groups in total. The zero-order chi connectivity index (χ0) is 14.8. The molecule has 0 radical (unpaired) electrons. The predicted octanol–water partition coefficient (Wildman–Crippen LogP) is 2.04. The number of nitrogens with zero attached hydrogens (tertiary/aromatic N) is 1. The van der Waals surface area contributed by atoms with Crippen molar-refractivity contribution < 1.29 is 19.4 Å². The summed E-state index contributed by atoms with van der Waals surface area (Å²) < 4.78 is 4.60. The van der Waals surface area contributed by atoms with Crippen LogP contribution in [0.5, 0.6) is 0 Å². The smallest absolute Gasteiger partial charge is 0.323 e. The van der Waals surface area contributed by atoms with E-state index in [1.165, 1.54) is 14.0 Å². The van der Waals surface area contributed by atoms with E-state index in [2.05, 4.69) is 9.72 Å². The van der Waals surface area contributed by atoms with E-state index in [0.29, 0.717) is 0 Å². The third-order valence-corrected chi connectivity index (χ3v) is 3.33. The molecule has 104 valence electrons. The molecule has 2 aromatic rings. The van der Waals surface area contributed by atoms with Gasteiger partial charge in [0.2, 0.25) is 0 Å². The number of aromatic nitrogens is 1. The first-order valence-electron chi connectivity index (χ1n) is 6.13. The monoisotopic (exact) mass is 273 g/mol. The molecule has 0 aliphatic heterocycles. The number of aliphatic carboxylic acids is 1. The van der Waals surface area contributed by atoms with Gasteiger partial charge in [0.15, 0.2) is 5.41 Å². The molecule has 1 heterocycles. The lowest BCUT2D eigenvalue weighted by atomic mass is 9.83. The van der Waals surface area contributed by atoms with Crippen molar-refractivity contribution in [1.29, 1.82) is 0 Å². The number of pyridine rings is 1. The molecule has 5 heteroatoms. The molecule has 2 rings (SSSR count). The van der Waals surface area contributed by atoms with E-state index in [9.17, 15) is 14.7 Å². The Bertz CT molecular complexity index is 668. The second kappa shape index (κ2) is 5.28. The second-order valence-corrected chi connectivity index (χ2v) is 4.84. The van der Waals surface area contributed by atoms with Gasteiger partial charge in [-0.25, -0.2) is 0 Å². The Labute approximate surface area is 116 Å². The molecule has 0 spiro atoms.